The van der Waals surface area contributed by atoms with Gasteiger partial charge < -0.3 is 15.4 Å². The molecule has 2 aromatic carbocycles. The van der Waals surface area contributed by atoms with Crippen LogP contribution in [0.2, 0.25) is 0 Å². The van der Waals surface area contributed by atoms with Crippen LogP contribution in [0.4, 0.5) is 0 Å². The second kappa shape index (κ2) is 9.62. The fourth-order valence-electron chi connectivity index (χ4n) is 3.63. The number of benzene rings is 2. The lowest BCUT2D eigenvalue weighted by molar-refractivity contribution is -0.142. The molecule has 164 valence electrons. The first-order chi connectivity index (χ1) is 15.5. The van der Waals surface area contributed by atoms with Crippen molar-refractivity contribution in [3.63, 3.8) is 0 Å². The molecule has 0 aliphatic carbocycles. The van der Waals surface area contributed by atoms with Crippen LogP contribution in [0.15, 0.2) is 66.9 Å². The van der Waals surface area contributed by atoms with Crippen molar-refractivity contribution in [3.05, 3.63) is 83.6 Å². The lowest BCUT2D eigenvalue weighted by atomic mass is 10.1. The Balaban J connectivity index is 1.59. The number of amides is 2. The number of rotatable bonds is 6. The molecule has 7 heteroatoms. The number of aryl methyl sites for hydroxylation is 1. The highest BCUT2D eigenvalue weighted by Crippen LogP contribution is 2.24. The summed E-state index contributed by atoms with van der Waals surface area (Å²) in [6.45, 7) is 3.54. The molecule has 1 unspecified atom stereocenters. The lowest BCUT2D eigenvalue weighted by Crippen LogP contribution is -2.50. The second-order valence-electron chi connectivity index (χ2n) is 7.86. The summed E-state index contributed by atoms with van der Waals surface area (Å²) in [7, 11) is 0. The summed E-state index contributed by atoms with van der Waals surface area (Å²) in [5.41, 5.74) is 10.3. The number of morpholine rings is 1. The van der Waals surface area contributed by atoms with E-state index in [0.29, 0.717) is 13.1 Å². The fourth-order valence-corrected chi connectivity index (χ4v) is 3.63. The number of hydrogen-bond donors (Lipinski definition) is 1. The third-order valence-electron chi connectivity index (χ3n) is 5.40. The van der Waals surface area contributed by atoms with E-state index in [1.165, 1.54) is 11.6 Å². The maximum atomic E-state index is 12.7. The van der Waals surface area contributed by atoms with E-state index < -0.39 is 12.0 Å². The van der Waals surface area contributed by atoms with Crippen molar-refractivity contribution in [2.75, 3.05) is 19.7 Å². The summed E-state index contributed by atoms with van der Waals surface area (Å²) in [5, 5.41) is 4.79. The van der Waals surface area contributed by atoms with Gasteiger partial charge in [-0.2, -0.15) is 5.10 Å². The number of hydrogen-bond acceptors (Lipinski definition) is 4. The molecule has 1 fully saturated rings. The molecule has 0 saturated carbocycles. The molecule has 1 saturated heterocycles. The molecule has 1 aliphatic heterocycles. The van der Waals surface area contributed by atoms with Gasteiger partial charge in [0.15, 0.2) is 6.10 Å². The summed E-state index contributed by atoms with van der Waals surface area (Å²) >= 11 is 0. The lowest BCUT2D eigenvalue weighted by Gasteiger charge is -2.30. The van der Waals surface area contributed by atoms with Crippen LogP contribution >= 0.6 is 0 Å². The SMILES string of the molecule is Cc1ccc(-c2nn(Cc3ccccc3)cc2C=CC(=O)N2CCOC(C(N)=O)C2)cc1. The minimum atomic E-state index is -0.766. The Bertz CT molecular complexity index is 1120. The van der Waals surface area contributed by atoms with Crippen molar-refractivity contribution in [1.82, 2.24) is 14.7 Å². The maximum absolute atomic E-state index is 12.7. The monoisotopic (exact) mass is 430 g/mol. The minimum Gasteiger partial charge on any atom is -0.367 e. The number of carbonyl (C=O) groups excluding carboxylic acids is 2. The van der Waals surface area contributed by atoms with E-state index in [1.54, 1.807) is 11.0 Å². The minimum absolute atomic E-state index is 0.163. The first-order valence-corrected chi connectivity index (χ1v) is 10.6. The fraction of sp³-hybridized carbons (Fsp3) is 0.240. The molecular formula is C25H26N4O3. The van der Waals surface area contributed by atoms with Crippen LogP contribution in [0.3, 0.4) is 0 Å². The van der Waals surface area contributed by atoms with Gasteiger partial charge >= 0.3 is 0 Å². The molecule has 1 aromatic heterocycles. The number of ether oxygens (including phenoxy) is 1. The Morgan fingerprint density at radius 3 is 2.62 bits per heavy atom. The highest BCUT2D eigenvalue weighted by Gasteiger charge is 2.26. The normalized spacial score (nSPS) is 16.4. The first kappa shape index (κ1) is 21.5. The van der Waals surface area contributed by atoms with E-state index in [0.717, 1.165) is 22.4 Å². The van der Waals surface area contributed by atoms with E-state index in [2.05, 4.69) is 12.1 Å². The quantitative estimate of drug-likeness (QED) is 0.609. The maximum Gasteiger partial charge on any atom is 0.248 e. The Labute approximate surface area is 187 Å². The van der Waals surface area contributed by atoms with Gasteiger partial charge in [-0.15, -0.1) is 0 Å². The van der Waals surface area contributed by atoms with Crippen LogP contribution < -0.4 is 5.73 Å². The van der Waals surface area contributed by atoms with Crippen molar-refractivity contribution in [1.29, 1.82) is 0 Å². The molecular weight excluding hydrogens is 404 g/mol. The van der Waals surface area contributed by atoms with Crippen molar-refractivity contribution in [2.45, 2.75) is 19.6 Å². The van der Waals surface area contributed by atoms with Crippen LogP contribution in [-0.4, -0.2) is 52.3 Å². The van der Waals surface area contributed by atoms with Crippen LogP contribution in [-0.2, 0) is 20.9 Å². The van der Waals surface area contributed by atoms with E-state index in [1.807, 2.05) is 60.3 Å². The van der Waals surface area contributed by atoms with Gasteiger partial charge in [-0.3, -0.25) is 14.3 Å². The van der Waals surface area contributed by atoms with Crippen LogP contribution in [0, 0.1) is 6.92 Å². The number of carbonyl (C=O) groups is 2. The van der Waals surface area contributed by atoms with E-state index in [9.17, 15) is 9.59 Å². The van der Waals surface area contributed by atoms with Gasteiger partial charge in [0.1, 0.15) is 0 Å². The van der Waals surface area contributed by atoms with Gasteiger partial charge in [0.25, 0.3) is 0 Å². The zero-order chi connectivity index (χ0) is 22.5. The van der Waals surface area contributed by atoms with Gasteiger partial charge in [-0.25, -0.2) is 0 Å². The van der Waals surface area contributed by atoms with Crippen LogP contribution in [0.5, 0.6) is 0 Å². The molecule has 1 aliphatic rings. The largest absolute Gasteiger partial charge is 0.367 e. The Morgan fingerprint density at radius 2 is 1.91 bits per heavy atom. The molecule has 2 heterocycles. The Kier molecular flexibility index (Phi) is 6.47. The number of primary amides is 1. The average molecular weight is 431 g/mol. The molecule has 4 rings (SSSR count). The van der Waals surface area contributed by atoms with Gasteiger partial charge in [0.05, 0.1) is 25.4 Å². The highest BCUT2D eigenvalue weighted by molar-refractivity contribution is 5.93. The molecule has 3 aromatic rings. The second-order valence-corrected chi connectivity index (χ2v) is 7.86. The Hall–Kier alpha value is -3.71. The average Bonchev–Trinajstić information content (AvgIpc) is 3.21. The van der Waals surface area contributed by atoms with Gasteiger partial charge in [-0.1, -0.05) is 60.2 Å². The van der Waals surface area contributed by atoms with Gasteiger partial charge in [0, 0.05) is 29.9 Å². The van der Waals surface area contributed by atoms with E-state index in [-0.39, 0.29) is 19.1 Å². The van der Waals surface area contributed by atoms with E-state index in [4.69, 9.17) is 15.6 Å². The standard InChI is InChI=1S/C25H26N4O3/c1-18-7-9-20(10-8-18)24-21(16-29(27-24)15-19-5-3-2-4-6-19)11-12-23(30)28-13-14-32-22(17-28)25(26)31/h2-12,16,22H,13-15,17H2,1H3,(H2,26,31). The molecule has 0 radical (unpaired) electrons. The summed E-state index contributed by atoms with van der Waals surface area (Å²) in [6.07, 6.45) is 4.47. The van der Waals surface area contributed by atoms with Crippen LogP contribution in [0.1, 0.15) is 16.7 Å². The molecule has 7 nitrogen and oxygen atoms in total. The summed E-state index contributed by atoms with van der Waals surface area (Å²) in [4.78, 5) is 25.7. The van der Waals surface area contributed by atoms with E-state index >= 15 is 0 Å². The molecule has 2 amide bonds. The third kappa shape index (κ3) is 5.12. The third-order valence-corrected chi connectivity index (χ3v) is 5.40. The summed E-state index contributed by atoms with van der Waals surface area (Å²) in [6, 6.07) is 18.2. The number of nitrogens with zero attached hydrogens (tertiary/aromatic N) is 3. The highest BCUT2D eigenvalue weighted by atomic mass is 16.5. The van der Waals surface area contributed by atoms with Crippen molar-refractivity contribution >= 4 is 17.9 Å². The number of aromatic nitrogens is 2. The molecule has 2 N–H and O–H groups in total. The first-order valence-electron chi connectivity index (χ1n) is 10.6. The predicted molar refractivity (Wildman–Crippen MR) is 122 cm³/mol. The summed E-state index contributed by atoms with van der Waals surface area (Å²) in [5.74, 6) is -0.749. The van der Waals surface area contributed by atoms with Gasteiger partial charge in [-0.05, 0) is 18.6 Å². The van der Waals surface area contributed by atoms with Crippen molar-refractivity contribution < 1.29 is 14.3 Å². The van der Waals surface area contributed by atoms with Gasteiger partial charge in [0.2, 0.25) is 11.8 Å². The smallest absolute Gasteiger partial charge is 0.248 e. The molecule has 0 spiro atoms. The topological polar surface area (TPSA) is 90.4 Å². The molecule has 0 bridgehead atoms. The number of nitrogens with two attached hydrogens (primary N) is 1. The Morgan fingerprint density at radius 1 is 1.16 bits per heavy atom. The summed E-state index contributed by atoms with van der Waals surface area (Å²) < 4.78 is 7.20. The zero-order valence-corrected chi connectivity index (χ0v) is 18.0. The molecule has 32 heavy (non-hydrogen) atoms. The van der Waals surface area contributed by atoms with Crippen molar-refractivity contribution in [3.8, 4) is 11.3 Å². The molecule has 1 atom stereocenters. The van der Waals surface area contributed by atoms with Crippen molar-refractivity contribution in [2.24, 2.45) is 5.73 Å². The zero-order valence-electron chi connectivity index (χ0n) is 18.0. The predicted octanol–water partition coefficient (Wildman–Crippen LogP) is 2.63. The van der Waals surface area contributed by atoms with Crippen LogP contribution in [0.25, 0.3) is 17.3 Å².